The minimum absolute atomic E-state index is 0.397. The SMILES string of the molecule is Cc1ccc(-n2nnc(-c3nc(C)no3)c2C)cc1. The first-order chi connectivity index (χ1) is 9.15. The zero-order valence-corrected chi connectivity index (χ0v) is 11.0. The molecule has 0 unspecified atom stereocenters. The number of aromatic nitrogens is 5. The number of hydrogen-bond acceptors (Lipinski definition) is 5. The number of nitrogens with zero attached hydrogens (tertiary/aromatic N) is 5. The lowest BCUT2D eigenvalue weighted by Crippen LogP contribution is -1.98. The third-order valence-corrected chi connectivity index (χ3v) is 2.90. The summed E-state index contributed by atoms with van der Waals surface area (Å²) >= 11 is 0. The molecule has 19 heavy (non-hydrogen) atoms. The van der Waals surface area contributed by atoms with Crippen molar-refractivity contribution in [2.75, 3.05) is 0 Å². The summed E-state index contributed by atoms with van der Waals surface area (Å²) in [6.45, 7) is 5.74. The maximum atomic E-state index is 5.12. The van der Waals surface area contributed by atoms with Crippen LogP contribution in [0.2, 0.25) is 0 Å². The maximum Gasteiger partial charge on any atom is 0.280 e. The zero-order valence-electron chi connectivity index (χ0n) is 11.0. The highest BCUT2D eigenvalue weighted by molar-refractivity contribution is 5.51. The first-order valence-electron chi connectivity index (χ1n) is 5.95. The molecule has 0 aliphatic carbocycles. The van der Waals surface area contributed by atoms with Crippen molar-refractivity contribution in [2.45, 2.75) is 20.8 Å². The van der Waals surface area contributed by atoms with E-state index in [1.807, 2.05) is 38.1 Å². The molecule has 0 spiro atoms. The van der Waals surface area contributed by atoms with Gasteiger partial charge in [0.05, 0.1) is 11.4 Å². The molecule has 1 aromatic carbocycles. The molecule has 0 aliphatic heterocycles. The molecular weight excluding hydrogens is 242 g/mol. The molecular formula is C13H13N5O. The first-order valence-corrected chi connectivity index (χ1v) is 5.95. The molecule has 3 rings (SSSR count). The molecule has 96 valence electrons. The highest BCUT2D eigenvalue weighted by atomic mass is 16.5. The van der Waals surface area contributed by atoms with Gasteiger partial charge in [-0.3, -0.25) is 0 Å². The van der Waals surface area contributed by atoms with Gasteiger partial charge in [-0.05, 0) is 32.9 Å². The summed E-state index contributed by atoms with van der Waals surface area (Å²) in [7, 11) is 0. The van der Waals surface area contributed by atoms with Gasteiger partial charge in [0.25, 0.3) is 5.89 Å². The lowest BCUT2D eigenvalue weighted by molar-refractivity contribution is 0.424. The normalized spacial score (nSPS) is 10.9. The van der Waals surface area contributed by atoms with E-state index in [1.54, 1.807) is 11.6 Å². The van der Waals surface area contributed by atoms with E-state index in [0.717, 1.165) is 11.4 Å². The molecule has 0 bridgehead atoms. The summed E-state index contributed by atoms with van der Waals surface area (Å²) in [4.78, 5) is 4.17. The number of hydrogen-bond donors (Lipinski definition) is 0. The Morgan fingerprint density at radius 1 is 1.05 bits per heavy atom. The van der Waals surface area contributed by atoms with Crippen LogP contribution in [0.4, 0.5) is 0 Å². The Balaban J connectivity index is 2.06. The summed E-state index contributed by atoms with van der Waals surface area (Å²) in [5, 5.41) is 12.0. The molecule has 6 heteroatoms. The fraction of sp³-hybridized carbons (Fsp3) is 0.231. The molecule has 0 N–H and O–H groups in total. The average molecular weight is 255 g/mol. The third kappa shape index (κ3) is 2.01. The van der Waals surface area contributed by atoms with Crippen LogP contribution in [0.5, 0.6) is 0 Å². The summed E-state index contributed by atoms with van der Waals surface area (Å²) in [6, 6.07) is 8.07. The Morgan fingerprint density at radius 2 is 1.79 bits per heavy atom. The molecule has 0 atom stereocenters. The molecule has 2 aromatic heterocycles. The second kappa shape index (κ2) is 4.31. The highest BCUT2D eigenvalue weighted by Crippen LogP contribution is 2.21. The molecule has 2 heterocycles. The van der Waals surface area contributed by atoms with Crippen molar-refractivity contribution in [3.63, 3.8) is 0 Å². The van der Waals surface area contributed by atoms with Crippen LogP contribution < -0.4 is 0 Å². The van der Waals surface area contributed by atoms with Crippen LogP contribution in [-0.4, -0.2) is 25.1 Å². The number of rotatable bonds is 2. The van der Waals surface area contributed by atoms with Crippen LogP contribution >= 0.6 is 0 Å². The molecule has 3 aromatic rings. The van der Waals surface area contributed by atoms with Crippen LogP contribution in [0.15, 0.2) is 28.8 Å². The predicted molar refractivity (Wildman–Crippen MR) is 68.9 cm³/mol. The van der Waals surface area contributed by atoms with Crippen LogP contribution in [0.25, 0.3) is 17.3 Å². The summed E-state index contributed by atoms with van der Waals surface area (Å²) in [5.74, 6) is 0.979. The Bertz CT molecular complexity index is 711. The molecule has 0 fully saturated rings. The lowest BCUT2D eigenvalue weighted by atomic mass is 10.2. The fourth-order valence-corrected chi connectivity index (χ4v) is 1.85. The topological polar surface area (TPSA) is 69.6 Å². The third-order valence-electron chi connectivity index (χ3n) is 2.90. The second-order valence-electron chi connectivity index (χ2n) is 4.42. The summed E-state index contributed by atoms with van der Waals surface area (Å²) < 4.78 is 6.88. The van der Waals surface area contributed by atoms with E-state index in [4.69, 9.17) is 4.52 Å². The predicted octanol–water partition coefficient (Wildman–Crippen LogP) is 2.24. The minimum atomic E-state index is 0.397. The molecule has 0 radical (unpaired) electrons. The Hall–Kier alpha value is -2.50. The van der Waals surface area contributed by atoms with Crippen molar-refractivity contribution in [1.82, 2.24) is 25.1 Å². The van der Waals surface area contributed by atoms with Crippen molar-refractivity contribution in [3.05, 3.63) is 41.3 Å². The molecule has 0 amide bonds. The van der Waals surface area contributed by atoms with E-state index < -0.39 is 0 Å². The zero-order chi connectivity index (χ0) is 13.4. The van der Waals surface area contributed by atoms with E-state index in [-0.39, 0.29) is 0 Å². The molecule has 0 saturated carbocycles. The smallest absolute Gasteiger partial charge is 0.280 e. The van der Waals surface area contributed by atoms with Crippen molar-refractivity contribution < 1.29 is 4.52 Å². The van der Waals surface area contributed by atoms with Crippen molar-refractivity contribution >= 4 is 0 Å². The van der Waals surface area contributed by atoms with Gasteiger partial charge in [-0.15, -0.1) is 5.10 Å². The van der Waals surface area contributed by atoms with Crippen LogP contribution in [-0.2, 0) is 0 Å². The van der Waals surface area contributed by atoms with Crippen molar-refractivity contribution in [1.29, 1.82) is 0 Å². The van der Waals surface area contributed by atoms with Gasteiger partial charge in [0, 0.05) is 0 Å². The van der Waals surface area contributed by atoms with Crippen LogP contribution in [0.3, 0.4) is 0 Å². The summed E-state index contributed by atoms with van der Waals surface area (Å²) in [5.41, 5.74) is 3.64. The Kier molecular flexibility index (Phi) is 2.63. The standard InChI is InChI=1S/C13H13N5O/c1-8-4-6-11(7-5-8)18-9(2)12(15-17-18)13-14-10(3)16-19-13/h4-7H,1-3H3. The quantitative estimate of drug-likeness (QED) is 0.702. The van der Waals surface area contributed by atoms with E-state index in [1.165, 1.54) is 5.56 Å². The molecule has 0 saturated heterocycles. The van der Waals surface area contributed by atoms with E-state index in [2.05, 4.69) is 20.5 Å². The fourth-order valence-electron chi connectivity index (χ4n) is 1.85. The van der Waals surface area contributed by atoms with Crippen LogP contribution in [0.1, 0.15) is 17.1 Å². The number of benzene rings is 1. The highest BCUT2D eigenvalue weighted by Gasteiger charge is 2.17. The van der Waals surface area contributed by atoms with Crippen molar-refractivity contribution in [3.8, 4) is 17.3 Å². The molecule has 6 nitrogen and oxygen atoms in total. The van der Waals surface area contributed by atoms with E-state index >= 15 is 0 Å². The van der Waals surface area contributed by atoms with Gasteiger partial charge in [0.15, 0.2) is 11.5 Å². The van der Waals surface area contributed by atoms with E-state index in [9.17, 15) is 0 Å². The van der Waals surface area contributed by atoms with Crippen LogP contribution in [0, 0.1) is 20.8 Å². The summed E-state index contributed by atoms with van der Waals surface area (Å²) in [6.07, 6.45) is 0. The van der Waals surface area contributed by atoms with E-state index in [0.29, 0.717) is 17.4 Å². The van der Waals surface area contributed by atoms with Gasteiger partial charge in [0.1, 0.15) is 0 Å². The van der Waals surface area contributed by atoms with Gasteiger partial charge in [0.2, 0.25) is 0 Å². The maximum absolute atomic E-state index is 5.12. The van der Waals surface area contributed by atoms with Gasteiger partial charge < -0.3 is 4.52 Å². The molecule has 0 aliphatic rings. The van der Waals surface area contributed by atoms with Crippen molar-refractivity contribution in [2.24, 2.45) is 0 Å². The lowest BCUT2D eigenvalue weighted by Gasteiger charge is -2.03. The monoisotopic (exact) mass is 255 g/mol. The van der Waals surface area contributed by atoms with Gasteiger partial charge in [-0.1, -0.05) is 28.1 Å². The van der Waals surface area contributed by atoms with Gasteiger partial charge >= 0.3 is 0 Å². The first kappa shape index (κ1) is 11.6. The largest absolute Gasteiger partial charge is 0.332 e. The Morgan fingerprint density at radius 3 is 2.42 bits per heavy atom. The average Bonchev–Trinajstić information content (AvgIpc) is 2.97. The Labute approximate surface area is 110 Å². The van der Waals surface area contributed by atoms with Gasteiger partial charge in [-0.2, -0.15) is 4.98 Å². The minimum Gasteiger partial charge on any atom is -0.332 e. The second-order valence-corrected chi connectivity index (χ2v) is 4.42. The van der Waals surface area contributed by atoms with Gasteiger partial charge in [-0.25, -0.2) is 4.68 Å². The number of aryl methyl sites for hydroxylation is 2.